The molecule has 2 nitrogen and oxygen atoms in total. The Bertz CT molecular complexity index is 241. The van der Waals surface area contributed by atoms with Crippen molar-refractivity contribution < 1.29 is 53.9 Å². The molecule has 0 aromatic rings. The van der Waals surface area contributed by atoms with Gasteiger partial charge in [-0.25, -0.2) is 0 Å². The van der Waals surface area contributed by atoms with E-state index in [1.807, 2.05) is 0 Å². The molecule has 2 unspecified atom stereocenters. The molecule has 1 radical (unpaired) electrons. The van der Waals surface area contributed by atoms with Gasteiger partial charge in [-0.15, -0.1) is 0 Å². The molecule has 77 valence electrons. The Morgan fingerprint density at radius 2 is 2.21 bits per heavy atom. The van der Waals surface area contributed by atoms with Gasteiger partial charge in [0.15, 0.2) is 0 Å². The predicted octanol–water partition coefficient (Wildman–Crippen LogP) is 1.74. The maximum Gasteiger partial charge on any atom is 0.118 e. The average molecular weight is 409 g/mol. The summed E-state index contributed by atoms with van der Waals surface area (Å²) in [6, 6.07) is 0. The fourth-order valence-electron chi connectivity index (χ4n) is 2.76. The molecule has 1 heterocycles. The summed E-state index contributed by atoms with van der Waals surface area (Å²) >= 11 is 0. The van der Waals surface area contributed by atoms with Gasteiger partial charge in [-0.2, -0.15) is 0 Å². The van der Waals surface area contributed by atoms with E-state index in [-0.39, 0.29) is 62.4 Å². The molecule has 0 aromatic carbocycles. The second kappa shape index (κ2) is 4.54. The maximum absolute atomic E-state index is 9.05. The third kappa shape index (κ3) is 1.98. The van der Waals surface area contributed by atoms with Crippen molar-refractivity contribution in [1.29, 1.82) is 0 Å². The van der Waals surface area contributed by atoms with Crippen LogP contribution in [-0.4, -0.2) is 23.4 Å². The molecule has 1 aliphatic carbocycles. The Morgan fingerprint density at radius 3 is 2.71 bits per heavy atom. The molecule has 1 saturated heterocycles. The van der Waals surface area contributed by atoms with Gasteiger partial charge in [-0.3, -0.25) is 0 Å². The SMILES string of the molecule is C=C1[C@@H](C)C[C@@H](C)CC12OC2CO.[Ac]. The first kappa shape index (κ1) is 13.2. The van der Waals surface area contributed by atoms with Gasteiger partial charge in [0.2, 0.25) is 0 Å². The summed E-state index contributed by atoms with van der Waals surface area (Å²) in [6.07, 6.45) is 2.29. The molecule has 1 aliphatic heterocycles. The van der Waals surface area contributed by atoms with E-state index in [0.717, 1.165) is 6.42 Å². The van der Waals surface area contributed by atoms with Gasteiger partial charge in [-0.05, 0) is 30.3 Å². The number of hydrogen-bond acceptors (Lipinski definition) is 2. The zero-order valence-corrected chi connectivity index (χ0v) is 13.7. The van der Waals surface area contributed by atoms with Crippen LogP contribution in [0, 0.1) is 55.9 Å². The van der Waals surface area contributed by atoms with Gasteiger partial charge in [0.25, 0.3) is 0 Å². The van der Waals surface area contributed by atoms with E-state index in [1.54, 1.807) is 0 Å². The van der Waals surface area contributed by atoms with Gasteiger partial charge < -0.3 is 9.84 Å². The molecule has 3 heteroatoms. The summed E-state index contributed by atoms with van der Waals surface area (Å²) in [6.45, 7) is 8.70. The average Bonchev–Trinajstić information content (AvgIpc) is 2.75. The van der Waals surface area contributed by atoms with Gasteiger partial charge in [0, 0.05) is 44.1 Å². The molecule has 2 aliphatic rings. The van der Waals surface area contributed by atoms with Crippen LogP contribution < -0.4 is 0 Å². The molecular weight excluding hydrogens is 391 g/mol. The van der Waals surface area contributed by atoms with Crippen molar-refractivity contribution in [3.63, 3.8) is 0 Å². The van der Waals surface area contributed by atoms with Crippen molar-refractivity contribution in [2.75, 3.05) is 6.61 Å². The Kier molecular flexibility index (Phi) is 4.27. The third-order valence-corrected chi connectivity index (χ3v) is 3.53. The molecule has 0 aromatic heterocycles. The number of ether oxygens (including phenoxy) is 1. The van der Waals surface area contributed by atoms with Crippen LogP contribution >= 0.6 is 0 Å². The molecule has 2 rings (SSSR count). The minimum absolute atomic E-state index is 0. The number of aliphatic hydroxyl groups is 1. The fourth-order valence-corrected chi connectivity index (χ4v) is 2.76. The van der Waals surface area contributed by atoms with Crippen LogP contribution in [0.25, 0.3) is 0 Å². The zero-order valence-electron chi connectivity index (χ0n) is 8.99. The first-order valence-electron chi connectivity index (χ1n) is 5.08. The van der Waals surface area contributed by atoms with E-state index in [1.165, 1.54) is 12.0 Å². The molecule has 2 fully saturated rings. The van der Waals surface area contributed by atoms with Gasteiger partial charge in [-0.1, -0.05) is 20.4 Å². The summed E-state index contributed by atoms with van der Waals surface area (Å²) < 4.78 is 5.60. The van der Waals surface area contributed by atoms with E-state index < -0.39 is 0 Å². The number of epoxide rings is 1. The third-order valence-electron chi connectivity index (χ3n) is 3.53. The summed E-state index contributed by atoms with van der Waals surface area (Å²) in [5.41, 5.74) is 1.05. The van der Waals surface area contributed by atoms with E-state index in [2.05, 4.69) is 20.4 Å². The van der Waals surface area contributed by atoms with Crippen molar-refractivity contribution >= 4 is 0 Å². The van der Waals surface area contributed by atoms with Crippen LogP contribution in [0.5, 0.6) is 0 Å². The monoisotopic (exact) mass is 409 g/mol. The summed E-state index contributed by atoms with van der Waals surface area (Å²) in [7, 11) is 0. The second-order valence-corrected chi connectivity index (χ2v) is 4.65. The summed E-state index contributed by atoms with van der Waals surface area (Å²) in [5.74, 6) is 1.23. The smallest absolute Gasteiger partial charge is 0.118 e. The van der Waals surface area contributed by atoms with Gasteiger partial charge >= 0.3 is 0 Å². The van der Waals surface area contributed by atoms with Crippen LogP contribution in [-0.2, 0) is 4.74 Å². The molecule has 4 atom stereocenters. The normalized spacial score (nSPS) is 46.2. The molecule has 1 saturated carbocycles. The van der Waals surface area contributed by atoms with Crippen molar-refractivity contribution in [2.45, 2.75) is 38.4 Å². The predicted molar refractivity (Wildman–Crippen MR) is 51.4 cm³/mol. The molecular formula is C11H18AcO2. The molecule has 1 spiro atoms. The molecule has 0 bridgehead atoms. The zero-order chi connectivity index (χ0) is 9.64. The topological polar surface area (TPSA) is 32.8 Å². The van der Waals surface area contributed by atoms with Crippen molar-refractivity contribution in [3.8, 4) is 0 Å². The number of aliphatic hydroxyl groups excluding tert-OH is 1. The molecule has 0 amide bonds. The van der Waals surface area contributed by atoms with Crippen LogP contribution in [0.2, 0.25) is 0 Å². The van der Waals surface area contributed by atoms with Crippen LogP contribution in [0.1, 0.15) is 26.7 Å². The second-order valence-electron chi connectivity index (χ2n) is 4.65. The molecule has 14 heavy (non-hydrogen) atoms. The van der Waals surface area contributed by atoms with E-state index >= 15 is 0 Å². The van der Waals surface area contributed by atoms with Crippen molar-refractivity contribution in [3.05, 3.63) is 12.2 Å². The number of rotatable bonds is 1. The van der Waals surface area contributed by atoms with Crippen LogP contribution in [0.4, 0.5) is 0 Å². The van der Waals surface area contributed by atoms with Crippen LogP contribution in [0.15, 0.2) is 12.2 Å². The summed E-state index contributed by atoms with van der Waals surface area (Å²) in [5, 5.41) is 9.05. The van der Waals surface area contributed by atoms with E-state index in [4.69, 9.17) is 9.84 Å². The minimum atomic E-state index is -0.147. The van der Waals surface area contributed by atoms with Crippen molar-refractivity contribution in [2.24, 2.45) is 11.8 Å². The van der Waals surface area contributed by atoms with Gasteiger partial charge in [0.05, 0.1) is 6.61 Å². The van der Waals surface area contributed by atoms with Crippen molar-refractivity contribution in [1.82, 2.24) is 0 Å². The maximum atomic E-state index is 9.05. The standard InChI is InChI=1S/C11H18O2.Ac/c1-7-4-8(2)9(3)11(5-7)10(6-12)13-11;/h7-8,10,12H,3-6H2,1-2H3;/t7-,8+,10?,11?;/m1./s1. The largest absolute Gasteiger partial charge is 0.394 e. The van der Waals surface area contributed by atoms with E-state index in [0.29, 0.717) is 11.8 Å². The Labute approximate surface area is 122 Å². The summed E-state index contributed by atoms with van der Waals surface area (Å²) in [4.78, 5) is 0. The Hall–Kier alpha value is 1.10. The van der Waals surface area contributed by atoms with Crippen LogP contribution in [0.3, 0.4) is 0 Å². The first-order chi connectivity index (χ1) is 6.10. The molecule has 1 N–H and O–H groups in total. The minimum Gasteiger partial charge on any atom is -0.394 e. The quantitative estimate of drug-likeness (QED) is 0.529. The van der Waals surface area contributed by atoms with Gasteiger partial charge in [0.1, 0.15) is 11.7 Å². The Balaban J connectivity index is 0.000000980. The fraction of sp³-hybridized carbons (Fsp3) is 0.818. The number of hydrogen-bond donors (Lipinski definition) is 1. The Morgan fingerprint density at radius 1 is 1.57 bits per heavy atom. The first-order valence-corrected chi connectivity index (χ1v) is 5.08. The van der Waals surface area contributed by atoms with E-state index in [9.17, 15) is 0 Å².